The number of rotatable bonds is 7. The maximum Gasteiger partial charge on any atom is 0.255 e. The average molecular weight is 557 g/mol. The summed E-state index contributed by atoms with van der Waals surface area (Å²) in [6.45, 7) is 6.68. The van der Waals surface area contributed by atoms with E-state index >= 15 is 0 Å². The van der Waals surface area contributed by atoms with Crippen molar-refractivity contribution >= 4 is 28.9 Å². The van der Waals surface area contributed by atoms with Crippen LogP contribution in [-0.2, 0) is 27.3 Å². The number of primary amides is 1. The molecule has 0 radical (unpaired) electrons. The molecule has 1 aromatic rings. The molecule has 0 bridgehead atoms. The number of hydrogen-bond acceptors (Lipinski definition) is 10. The maximum absolute atomic E-state index is 14.0. The van der Waals surface area contributed by atoms with E-state index in [2.05, 4.69) is 26.1 Å². The Morgan fingerprint density at radius 1 is 1.18 bits per heavy atom. The van der Waals surface area contributed by atoms with Crippen molar-refractivity contribution in [1.82, 2.24) is 10.2 Å². The molecule has 11 nitrogen and oxygen atoms in total. The summed E-state index contributed by atoms with van der Waals surface area (Å²) in [7, 11) is 6.87. The highest BCUT2D eigenvalue weighted by molar-refractivity contribution is 6.24. The molecule has 3 aliphatic carbocycles. The van der Waals surface area contributed by atoms with Gasteiger partial charge in [-0.1, -0.05) is 6.92 Å². The summed E-state index contributed by atoms with van der Waals surface area (Å²) in [4.78, 5) is 42.8. The van der Waals surface area contributed by atoms with Gasteiger partial charge in [0.2, 0.25) is 5.78 Å². The molecule has 0 saturated heterocycles. The predicted octanol–water partition coefficient (Wildman–Crippen LogP) is 1.31. The number of aliphatic hydroxyl groups is 3. The lowest BCUT2D eigenvalue weighted by atomic mass is 9.57. The number of anilines is 1. The van der Waals surface area contributed by atoms with Crippen molar-refractivity contribution in [2.45, 2.75) is 63.8 Å². The zero-order chi connectivity index (χ0) is 30.1. The fourth-order valence-corrected chi connectivity index (χ4v) is 6.52. The standard InChI is InChI=1S/C29H40N4O7/c1-8-28(2,3)31-12-14-11-17(34)19-15(21(14)32(4)5)9-13-10-16-22(33(6)7)24(36)20(27(30)39)26(38)29(16,40)25(37)18(13)23(19)35/h11,13,16,22,31,34-35,38,40H,8-10,12H2,1-7H3,(H2,30,39)/t13-,16-,22-,29-/m0/s1. The van der Waals surface area contributed by atoms with Gasteiger partial charge < -0.3 is 36.4 Å². The van der Waals surface area contributed by atoms with Gasteiger partial charge in [-0.3, -0.25) is 19.3 Å². The van der Waals surface area contributed by atoms with Gasteiger partial charge in [0.05, 0.1) is 11.6 Å². The fourth-order valence-electron chi connectivity index (χ4n) is 6.52. The fraction of sp³-hybridized carbons (Fsp3) is 0.552. The van der Waals surface area contributed by atoms with Crippen LogP contribution in [-0.4, -0.2) is 88.2 Å². The van der Waals surface area contributed by atoms with Crippen molar-refractivity contribution in [2.24, 2.45) is 17.6 Å². The molecule has 1 fully saturated rings. The number of phenolic OH excluding ortho intramolecular Hbond substituents is 1. The van der Waals surface area contributed by atoms with E-state index in [1.165, 1.54) is 4.90 Å². The summed E-state index contributed by atoms with van der Waals surface area (Å²) in [5, 5.41) is 48.8. The van der Waals surface area contributed by atoms with Crippen molar-refractivity contribution in [1.29, 1.82) is 0 Å². The van der Waals surface area contributed by atoms with E-state index in [1.807, 2.05) is 19.0 Å². The Morgan fingerprint density at radius 3 is 2.33 bits per heavy atom. The molecule has 1 aromatic carbocycles. The molecular formula is C29H40N4O7. The zero-order valence-corrected chi connectivity index (χ0v) is 24.1. The van der Waals surface area contributed by atoms with Crippen molar-refractivity contribution in [3.05, 3.63) is 39.7 Å². The number of carbonyl (C=O) groups excluding carboxylic acids is 3. The molecule has 3 aliphatic rings. The molecule has 7 N–H and O–H groups in total. The Balaban J connectivity index is 1.93. The molecule has 40 heavy (non-hydrogen) atoms. The highest BCUT2D eigenvalue weighted by atomic mass is 16.3. The number of hydrogen-bond donors (Lipinski definition) is 6. The lowest BCUT2D eigenvalue weighted by Crippen LogP contribution is -2.65. The van der Waals surface area contributed by atoms with Crippen molar-refractivity contribution in [3.8, 4) is 5.75 Å². The molecule has 0 heterocycles. The Morgan fingerprint density at radius 2 is 1.80 bits per heavy atom. The quantitative estimate of drug-likeness (QED) is 0.268. The molecular weight excluding hydrogens is 516 g/mol. The van der Waals surface area contributed by atoms with Gasteiger partial charge in [-0.25, -0.2) is 0 Å². The normalized spacial score (nSPS) is 26.6. The number of nitrogens with zero attached hydrogens (tertiary/aromatic N) is 2. The third-order valence-electron chi connectivity index (χ3n) is 8.86. The number of amides is 1. The van der Waals surface area contributed by atoms with Crippen LogP contribution >= 0.6 is 0 Å². The van der Waals surface area contributed by atoms with Crippen LogP contribution in [0.15, 0.2) is 23.0 Å². The smallest absolute Gasteiger partial charge is 0.255 e. The summed E-state index contributed by atoms with van der Waals surface area (Å²) in [6, 6.07) is 0.435. The Hall–Kier alpha value is -3.41. The van der Waals surface area contributed by atoms with E-state index < -0.39 is 58.0 Å². The minimum atomic E-state index is -2.65. The van der Waals surface area contributed by atoms with E-state index in [9.17, 15) is 34.8 Å². The second-order valence-electron chi connectivity index (χ2n) is 12.2. The molecule has 0 aliphatic heterocycles. The highest BCUT2D eigenvalue weighted by Gasteiger charge is 2.64. The number of nitrogens with two attached hydrogens (primary N) is 1. The molecule has 1 amide bonds. The summed E-state index contributed by atoms with van der Waals surface area (Å²) < 4.78 is 0. The molecule has 218 valence electrons. The van der Waals surface area contributed by atoms with Crippen molar-refractivity contribution in [2.75, 3.05) is 33.1 Å². The van der Waals surface area contributed by atoms with E-state index in [-0.39, 0.29) is 35.3 Å². The van der Waals surface area contributed by atoms with Crippen LogP contribution in [0.2, 0.25) is 0 Å². The summed E-state index contributed by atoms with van der Waals surface area (Å²) in [5.41, 5.74) is 3.90. The summed E-state index contributed by atoms with van der Waals surface area (Å²) >= 11 is 0. The first-order chi connectivity index (χ1) is 18.5. The first-order valence-corrected chi connectivity index (χ1v) is 13.4. The number of benzene rings is 1. The second-order valence-corrected chi connectivity index (χ2v) is 12.2. The predicted molar refractivity (Wildman–Crippen MR) is 150 cm³/mol. The first-order valence-electron chi connectivity index (χ1n) is 13.4. The van der Waals surface area contributed by atoms with E-state index in [4.69, 9.17) is 5.73 Å². The summed E-state index contributed by atoms with van der Waals surface area (Å²) in [5.74, 6) is -6.61. The minimum absolute atomic E-state index is 0.0464. The SMILES string of the molecule is CCC(C)(C)NCc1cc(O)c2c(c1N(C)C)C[C@H]1C[C@H]3[C@H](N(C)C)C(=O)C(C(N)=O)=C(O)[C@@]3(O)C(=O)C1=C2O. The third kappa shape index (κ3) is 4.27. The number of carbonyl (C=O) groups is 3. The van der Waals surface area contributed by atoms with E-state index in [0.29, 0.717) is 12.1 Å². The molecule has 4 atom stereocenters. The third-order valence-corrected chi connectivity index (χ3v) is 8.86. The van der Waals surface area contributed by atoms with Crippen molar-refractivity contribution in [3.63, 3.8) is 0 Å². The molecule has 1 saturated carbocycles. The monoisotopic (exact) mass is 556 g/mol. The van der Waals surface area contributed by atoms with Crippen LogP contribution in [0.25, 0.3) is 5.76 Å². The molecule has 0 unspecified atom stereocenters. The number of phenols is 1. The Kier molecular flexibility index (Phi) is 7.32. The van der Waals surface area contributed by atoms with Crippen LogP contribution < -0.4 is 16.0 Å². The zero-order valence-electron chi connectivity index (χ0n) is 24.1. The van der Waals surface area contributed by atoms with Gasteiger partial charge in [0, 0.05) is 43.4 Å². The number of aliphatic hydroxyl groups excluding tert-OH is 2. The van der Waals surface area contributed by atoms with Gasteiger partial charge in [-0.05, 0) is 70.3 Å². The van der Waals surface area contributed by atoms with Crippen LogP contribution in [0, 0.1) is 11.8 Å². The molecule has 0 spiro atoms. The van der Waals surface area contributed by atoms with Crippen molar-refractivity contribution < 1.29 is 34.8 Å². The van der Waals surface area contributed by atoms with Gasteiger partial charge in [0.15, 0.2) is 11.4 Å². The Bertz CT molecular complexity index is 1360. The second kappa shape index (κ2) is 9.90. The minimum Gasteiger partial charge on any atom is -0.508 e. The number of Topliss-reactive ketones (excluding diaryl/α,β-unsaturated/α-hetero) is 2. The van der Waals surface area contributed by atoms with Crippen LogP contribution in [0.1, 0.15) is 50.3 Å². The highest BCUT2D eigenvalue weighted by Crippen LogP contribution is 2.54. The number of nitrogens with one attached hydrogen (secondary N) is 1. The molecule has 11 heteroatoms. The average Bonchev–Trinajstić information content (AvgIpc) is 2.84. The van der Waals surface area contributed by atoms with Gasteiger partial charge in [0.25, 0.3) is 5.91 Å². The van der Waals surface area contributed by atoms with Gasteiger partial charge in [0.1, 0.15) is 22.8 Å². The lowest BCUT2D eigenvalue weighted by Gasteiger charge is -2.50. The topological polar surface area (TPSA) is 177 Å². The van der Waals surface area contributed by atoms with Gasteiger partial charge >= 0.3 is 0 Å². The largest absolute Gasteiger partial charge is 0.508 e. The summed E-state index contributed by atoms with van der Waals surface area (Å²) in [6.07, 6.45) is 1.17. The number of ketones is 2. The Labute approximate surface area is 233 Å². The van der Waals surface area contributed by atoms with Crippen LogP contribution in [0.4, 0.5) is 5.69 Å². The number of likely N-dealkylation sites (N-methyl/N-ethyl adjacent to an activating group) is 1. The number of fused-ring (bicyclic) bond motifs is 3. The maximum atomic E-state index is 14.0. The van der Waals surface area contributed by atoms with E-state index in [1.54, 1.807) is 20.2 Å². The van der Waals surface area contributed by atoms with E-state index in [0.717, 1.165) is 17.7 Å². The van der Waals surface area contributed by atoms with Crippen LogP contribution in [0.5, 0.6) is 5.75 Å². The lowest BCUT2D eigenvalue weighted by molar-refractivity contribution is -0.153. The molecule has 4 rings (SSSR count). The van der Waals surface area contributed by atoms with Crippen LogP contribution in [0.3, 0.4) is 0 Å². The number of aromatic hydroxyl groups is 1. The van der Waals surface area contributed by atoms with Gasteiger partial charge in [-0.15, -0.1) is 0 Å². The molecule has 0 aromatic heterocycles. The first kappa shape index (κ1) is 29.6. The van der Waals surface area contributed by atoms with Gasteiger partial charge in [-0.2, -0.15) is 0 Å².